The van der Waals surface area contributed by atoms with Crippen molar-refractivity contribution in [1.29, 1.82) is 0 Å². The minimum Gasteiger partial charge on any atom is -0.312 e. The molecule has 1 atom stereocenters. The highest BCUT2D eigenvalue weighted by Gasteiger charge is 2.44. The molecule has 0 aliphatic carbocycles. The second-order valence-electron chi connectivity index (χ2n) is 5.92. The van der Waals surface area contributed by atoms with E-state index in [0.29, 0.717) is 0 Å². The summed E-state index contributed by atoms with van der Waals surface area (Å²) >= 11 is 0. The number of carbonyl (C=O) groups excluding carboxylic acids is 1. The highest BCUT2D eigenvalue weighted by atomic mass is 16.2. The Morgan fingerprint density at radius 1 is 1.28 bits per heavy atom. The summed E-state index contributed by atoms with van der Waals surface area (Å²) in [5.74, 6) is 0.280. The van der Waals surface area contributed by atoms with Gasteiger partial charge in [-0.2, -0.15) is 0 Å². The fourth-order valence-corrected chi connectivity index (χ4v) is 2.84. The van der Waals surface area contributed by atoms with Gasteiger partial charge in [-0.25, -0.2) is 0 Å². The van der Waals surface area contributed by atoms with Crippen LogP contribution in [0.3, 0.4) is 0 Å². The van der Waals surface area contributed by atoms with E-state index in [1.165, 1.54) is 11.1 Å². The number of nitrogens with zero attached hydrogens (tertiary/aromatic N) is 1. The summed E-state index contributed by atoms with van der Waals surface area (Å²) in [6, 6.07) is 6.37. The monoisotopic (exact) mass is 245 g/mol. The smallest absolute Gasteiger partial charge is 0.235 e. The van der Waals surface area contributed by atoms with Crippen LogP contribution >= 0.6 is 0 Å². The molecule has 0 radical (unpaired) electrons. The van der Waals surface area contributed by atoms with Crippen LogP contribution in [-0.4, -0.2) is 12.5 Å². The molecule has 0 saturated heterocycles. The first kappa shape index (κ1) is 13.1. The van der Waals surface area contributed by atoms with Gasteiger partial charge < -0.3 is 4.90 Å². The van der Waals surface area contributed by atoms with E-state index in [-0.39, 0.29) is 17.2 Å². The fourth-order valence-electron chi connectivity index (χ4n) is 2.84. The first-order chi connectivity index (χ1) is 8.42. The summed E-state index contributed by atoms with van der Waals surface area (Å²) in [5.41, 5.74) is 3.58. The van der Waals surface area contributed by atoms with Gasteiger partial charge in [0.25, 0.3) is 0 Å². The standard InChI is InChI=1S/C16H23NO/c1-6-16(4,5)14-12-10-11(3)8-9-13(12)17(7-2)15(14)18/h8-10,14H,6-7H2,1-5H3. The number of likely N-dealkylation sites (N-methyl/N-ethyl adjacent to an activating group) is 1. The summed E-state index contributed by atoms with van der Waals surface area (Å²) in [6.45, 7) is 11.4. The van der Waals surface area contributed by atoms with Gasteiger partial charge in [-0.05, 0) is 37.3 Å². The third kappa shape index (κ3) is 1.84. The molecule has 0 bridgehead atoms. The zero-order valence-corrected chi connectivity index (χ0v) is 12.1. The summed E-state index contributed by atoms with van der Waals surface area (Å²) in [7, 11) is 0. The first-order valence-electron chi connectivity index (χ1n) is 6.84. The van der Waals surface area contributed by atoms with Gasteiger partial charge in [-0.1, -0.05) is 38.5 Å². The molecule has 0 spiro atoms. The molecule has 18 heavy (non-hydrogen) atoms. The van der Waals surface area contributed by atoms with Crippen LogP contribution in [-0.2, 0) is 4.79 Å². The van der Waals surface area contributed by atoms with Crippen LogP contribution in [0.4, 0.5) is 5.69 Å². The van der Waals surface area contributed by atoms with Gasteiger partial charge in [0, 0.05) is 12.2 Å². The van der Waals surface area contributed by atoms with E-state index in [1.807, 2.05) is 11.8 Å². The van der Waals surface area contributed by atoms with Crippen molar-refractivity contribution in [1.82, 2.24) is 0 Å². The molecule has 2 heteroatoms. The van der Waals surface area contributed by atoms with Gasteiger partial charge in [-0.3, -0.25) is 4.79 Å². The zero-order chi connectivity index (χ0) is 13.5. The Hall–Kier alpha value is -1.31. The number of fused-ring (bicyclic) bond motifs is 1. The lowest BCUT2D eigenvalue weighted by molar-refractivity contribution is -0.121. The summed E-state index contributed by atoms with van der Waals surface area (Å²) < 4.78 is 0. The van der Waals surface area contributed by atoms with Gasteiger partial charge >= 0.3 is 0 Å². The molecule has 98 valence electrons. The molecule has 1 heterocycles. The first-order valence-corrected chi connectivity index (χ1v) is 6.84. The van der Waals surface area contributed by atoms with Crippen molar-refractivity contribution < 1.29 is 4.79 Å². The molecule has 0 aromatic heterocycles. The van der Waals surface area contributed by atoms with Crippen LogP contribution in [0.25, 0.3) is 0 Å². The highest BCUT2D eigenvalue weighted by Crippen LogP contribution is 2.48. The third-order valence-electron chi connectivity index (χ3n) is 4.31. The van der Waals surface area contributed by atoms with E-state index in [0.717, 1.165) is 18.7 Å². The van der Waals surface area contributed by atoms with Crippen molar-refractivity contribution in [2.75, 3.05) is 11.4 Å². The van der Waals surface area contributed by atoms with Crippen LogP contribution < -0.4 is 4.90 Å². The Kier molecular flexibility index (Phi) is 3.22. The molecule has 1 aliphatic heterocycles. The van der Waals surface area contributed by atoms with E-state index in [1.54, 1.807) is 0 Å². The van der Waals surface area contributed by atoms with E-state index in [9.17, 15) is 4.79 Å². The third-order valence-corrected chi connectivity index (χ3v) is 4.31. The Morgan fingerprint density at radius 2 is 1.94 bits per heavy atom. The van der Waals surface area contributed by atoms with E-state index < -0.39 is 0 Å². The Labute approximate surface area is 110 Å². The summed E-state index contributed by atoms with van der Waals surface area (Å²) in [4.78, 5) is 14.6. The maximum atomic E-state index is 12.6. The molecule has 0 fully saturated rings. The predicted octanol–water partition coefficient (Wildman–Crippen LogP) is 3.88. The number of benzene rings is 1. The van der Waals surface area contributed by atoms with Crippen molar-refractivity contribution >= 4 is 11.6 Å². The molecular formula is C16H23NO. The molecule has 0 N–H and O–H groups in total. The summed E-state index contributed by atoms with van der Waals surface area (Å²) in [5, 5.41) is 0. The van der Waals surface area contributed by atoms with Crippen LogP contribution in [0.5, 0.6) is 0 Å². The van der Waals surface area contributed by atoms with Crippen molar-refractivity contribution in [3.05, 3.63) is 29.3 Å². The lowest BCUT2D eigenvalue weighted by Crippen LogP contribution is -2.34. The predicted molar refractivity (Wildman–Crippen MR) is 76.0 cm³/mol. The van der Waals surface area contributed by atoms with Crippen molar-refractivity contribution in [3.8, 4) is 0 Å². The number of anilines is 1. The highest BCUT2D eigenvalue weighted by molar-refractivity contribution is 6.05. The average molecular weight is 245 g/mol. The lowest BCUT2D eigenvalue weighted by Gasteiger charge is -2.29. The molecule has 2 rings (SSSR count). The van der Waals surface area contributed by atoms with E-state index >= 15 is 0 Å². The second kappa shape index (κ2) is 4.42. The Balaban J connectivity index is 2.58. The van der Waals surface area contributed by atoms with Gasteiger partial charge in [0.05, 0.1) is 5.92 Å². The van der Waals surface area contributed by atoms with Crippen molar-refractivity contribution in [2.45, 2.75) is 47.0 Å². The molecule has 1 unspecified atom stereocenters. The number of carbonyl (C=O) groups is 1. The number of hydrogen-bond donors (Lipinski definition) is 0. The van der Waals surface area contributed by atoms with Gasteiger partial charge in [0.2, 0.25) is 5.91 Å². The van der Waals surface area contributed by atoms with Gasteiger partial charge in [-0.15, -0.1) is 0 Å². The Morgan fingerprint density at radius 3 is 2.50 bits per heavy atom. The topological polar surface area (TPSA) is 20.3 Å². The van der Waals surface area contributed by atoms with Gasteiger partial charge in [0.15, 0.2) is 0 Å². The van der Waals surface area contributed by atoms with Crippen molar-refractivity contribution in [3.63, 3.8) is 0 Å². The largest absolute Gasteiger partial charge is 0.312 e. The minimum atomic E-state index is 0.0114. The number of hydrogen-bond acceptors (Lipinski definition) is 1. The zero-order valence-electron chi connectivity index (χ0n) is 12.1. The minimum absolute atomic E-state index is 0.0114. The summed E-state index contributed by atoms with van der Waals surface area (Å²) in [6.07, 6.45) is 1.01. The van der Waals surface area contributed by atoms with Crippen LogP contribution in [0, 0.1) is 12.3 Å². The number of aryl methyl sites for hydroxylation is 1. The second-order valence-corrected chi connectivity index (χ2v) is 5.92. The molecule has 1 aromatic rings. The molecule has 0 saturated carbocycles. The number of amides is 1. The van der Waals surface area contributed by atoms with E-state index in [4.69, 9.17) is 0 Å². The SMILES string of the molecule is CCN1C(=O)C(C(C)(C)CC)c2cc(C)ccc21. The molecule has 2 nitrogen and oxygen atoms in total. The molecule has 1 aliphatic rings. The van der Waals surface area contributed by atoms with E-state index in [2.05, 4.69) is 45.9 Å². The maximum absolute atomic E-state index is 12.6. The number of rotatable bonds is 3. The lowest BCUT2D eigenvalue weighted by atomic mass is 9.73. The maximum Gasteiger partial charge on any atom is 0.235 e. The van der Waals surface area contributed by atoms with Gasteiger partial charge in [0.1, 0.15) is 0 Å². The van der Waals surface area contributed by atoms with Crippen LogP contribution in [0.1, 0.15) is 51.2 Å². The average Bonchev–Trinajstić information content (AvgIpc) is 2.60. The fraction of sp³-hybridized carbons (Fsp3) is 0.562. The molecule has 1 amide bonds. The van der Waals surface area contributed by atoms with Crippen molar-refractivity contribution in [2.24, 2.45) is 5.41 Å². The molecular weight excluding hydrogens is 222 g/mol. The molecule has 1 aromatic carbocycles. The quantitative estimate of drug-likeness (QED) is 0.791. The normalized spacial score (nSPS) is 19.3. The van der Waals surface area contributed by atoms with Crippen LogP contribution in [0.15, 0.2) is 18.2 Å². The Bertz CT molecular complexity index is 476. The van der Waals surface area contributed by atoms with Crippen LogP contribution in [0.2, 0.25) is 0 Å².